The zero-order valence-electron chi connectivity index (χ0n) is 15.4. The van der Waals surface area contributed by atoms with Crippen LogP contribution in [0.15, 0.2) is 21.5 Å². The maximum absolute atomic E-state index is 6.35. The third-order valence-electron chi connectivity index (χ3n) is 4.48. The van der Waals surface area contributed by atoms with E-state index in [1.807, 2.05) is 12.1 Å². The van der Waals surface area contributed by atoms with Crippen LogP contribution in [0.25, 0.3) is 0 Å². The first-order valence-corrected chi connectivity index (χ1v) is 9.17. The summed E-state index contributed by atoms with van der Waals surface area (Å²) in [5.41, 5.74) is 3.22. The molecule has 0 radical (unpaired) electrons. The molecule has 26 heavy (non-hydrogen) atoms. The first-order chi connectivity index (χ1) is 12.5. The third-order valence-corrected chi connectivity index (χ3v) is 4.70. The molecule has 1 saturated heterocycles. The van der Waals surface area contributed by atoms with Crippen molar-refractivity contribution < 1.29 is 4.42 Å². The average molecular weight is 377 g/mol. The summed E-state index contributed by atoms with van der Waals surface area (Å²) in [6, 6.07) is 4.78. The van der Waals surface area contributed by atoms with E-state index < -0.39 is 0 Å². The summed E-state index contributed by atoms with van der Waals surface area (Å²) in [4.78, 5) is 6.37. The van der Waals surface area contributed by atoms with Crippen molar-refractivity contribution in [1.82, 2.24) is 20.4 Å². The van der Waals surface area contributed by atoms with Crippen molar-refractivity contribution in [1.29, 1.82) is 0 Å². The Labute approximate surface area is 158 Å². The number of aromatic nitrogens is 2. The van der Waals surface area contributed by atoms with Gasteiger partial charge >= 0.3 is 6.01 Å². The van der Waals surface area contributed by atoms with Crippen molar-refractivity contribution in [3.05, 3.63) is 34.2 Å². The summed E-state index contributed by atoms with van der Waals surface area (Å²) in [5, 5.41) is 15.4. The summed E-state index contributed by atoms with van der Waals surface area (Å²) in [7, 11) is 1.71. The van der Waals surface area contributed by atoms with Crippen LogP contribution in [0.1, 0.15) is 23.9 Å². The van der Waals surface area contributed by atoms with Gasteiger partial charge in [-0.15, -0.1) is 5.10 Å². The summed E-state index contributed by atoms with van der Waals surface area (Å²) in [5.74, 6) is 0.521. The lowest BCUT2D eigenvalue weighted by molar-refractivity contribution is 0.199. The fourth-order valence-electron chi connectivity index (χ4n) is 3.10. The number of piperazine rings is 1. The quantitative estimate of drug-likeness (QED) is 0.755. The Balaban J connectivity index is 1.75. The van der Waals surface area contributed by atoms with E-state index in [-0.39, 0.29) is 0 Å². The Morgan fingerprint density at radius 3 is 3.08 bits per heavy atom. The predicted octanol–water partition coefficient (Wildman–Crippen LogP) is 2.81. The fourth-order valence-corrected chi connectivity index (χ4v) is 3.34. The SMILES string of the molecule is C/N=C/Cc1nnc(Nc2cc(Cl)cc(CN3CCN[C@@H](C)C3)c2C)o1. The third kappa shape index (κ3) is 4.81. The molecule has 0 aliphatic carbocycles. The molecule has 2 aromatic rings. The molecule has 2 N–H and O–H groups in total. The van der Waals surface area contributed by atoms with Crippen LogP contribution in [0.3, 0.4) is 0 Å². The number of aliphatic imine (C=N–C) groups is 1. The van der Waals surface area contributed by atoms with Gasteiger partial charge in [-0.3, -0.25) is 4.90 Å². The summed E-state index contributed by atoms with van der Waals surface area (Å²) < 4.78 is 5.60. The topological polar surface area (TPSA) is 78.6 Å². The zero-order valence-corrected chi connectivity index (χ0v) is 16.2. The van der Waals surface area contributed by atoms with Crippen molar-refractivity contribution in [3.8, 4) is 0 Å². The molecule has 8 heteroatoms. The van der Waals surface area contributed by atoms with Gasteiger partial charge < -0.3 is 20.0 Å². The number of rotatable bonds is 6. The lowest BCUT2D eigenvalue weighted by Gasteiger charge is -2.32. The summed E-state index contributed by atoms with van der Waals surface area (Å²) in [6.07, 6.45) is 2.25. The van der Waals surface area contributed by atoms with Crippen LogP contribution in [-0.2, 0) is 13.0 Å². The smallest absolute Gasteiger partial charge is 0.320 e. The second-order valence-electron chi connectivity index (χ2n) is 6.60. The lowest BCUT2D eigenvalue weighted by atomic mass is 10.1. The van der Waals surface area contributed by atoms with Gasteiger partial charge in [-0.2, -0.15) is 0 Å². The predicted molar refractivity (Wildman–Crippen MR) is 105 cm³/mol. The first kappa shape index (κ1) is 18.8. The van der Waals surface area contributed by atoms with Crippen LogP contribution < -0.4 is 10.6 Å². The van der Waals surface area contributed by atoms with E-state index >= 15 is 0 Å². The van der Waals surface area contributed by atoms with E-state index in [9.17, 15) is 0 Å². The maximum Gasteiger partial charge on any atom is 0.320 e. The van der Waals surface area contributed by atoms with Crippen molar-refractivity contribution in [2.75, 3.05) is 32.0 Å². The first-order valence-electron chi connectivity index (χ1n) is 8.80. The molecule has 140 valence electrons. The Morgan fingerprint density at radius 2 is 2.31 bits per heavy atom. The van der Waals surface area contributed by atoms with E-state index in [0.29, 0.717) is 29.4 Å². The van der Waals surface area contributed by atoms with Gasteiger partial charge in [-0.1, -0.05) is 16.7 Å². The molecule has 0 unspecified atom stereocenters. The minimum Gasteiger partial charge on any atom is -0.407 e. The van der Waals surface area contributed by atoms with Gasteiger partial charge in [0.25, 0.3) is 0 Å². The highest BCUT2D eigenvalue weighted by molar-refractivity contribution is 6.31. The highest BCUT2D eigenvalue weighted by Crippen LogP contribution is 2.28. The molecule has 1 aromatic carbocycles. The number of benzene rings is 1. The molecule has 2 heterocycles. The molecule has 1 aromatic heterocycles. The van der Waals surface area contributed by atoms with Crippen LogP contribution in [0.2, 0.25) is 5.02 Å². The van der Waals surface area contributed by atoms with Crippen molar-refractivity contribution >= 4 is 29.5 Å². The minimum absolute atomic E-state index is 0.358. The molecule has 0 bridgehead atoms. The van der Waals surface area contributed by atoms with Crippen molar-refractivity contribution in [2.24, 2.45) is 4.99 Å². The van der Waals surface area contributed by atoms with E-state index in [2.05, 4.69) is 44.6 Å². The van der Waals surface area contributed by atoms with Gasteiger partial charge in [-0.05, 0) is 37.1 Å². The van der Waals surface area contributed by atoms with Crippen molar-refractivity contribution in [2.45, 2.75) is 32.9 Å². The van der Waals surface area contributed by atoms with E-state index in [0.717, 1.165) is 37.4 Å². The van der Waals surface area contributed by atoms with E-state index in [4.69, 9.17) is 16.0 Å². The maximum atomic E-state index is 6.35. The average Bonchev–Trinajstić information content (AvgIpc) is 3.04. The van der Waals surface area contributed by atoms with Crippen LogP contribution in [0.4, 0.5) is 11.7 Å². The molecule has 0 amide bonds. The molecule has 3 rings (SSSR count). The Hall–Kier alpha value is -1.96. The zero-order chi connectivity index (χ0) is 18.5. The monoisotopic (exact) mass is 376 g/mol. The van der Waals surface area contributed by atoms with Crippen molar-refractivity contribution in [3.63, 3.8) is 0 Å². The molecule has 7 nitrogen and oxygen atoms in total. The minimum atomic E-state index is 0.358. The van der Waals surface area contributed by atoms with E-state index in [1.54, 1.807) is 13.3 Å². The molecular weight excluding hydrogens is 352 g/mol. The highest BCUT2D eigenvalue weighted by atomic mass is 35.5. The van der Waals surface area contributed by atoms with Gasteiger partial charge in [0, 0.05) is 56.2 Å². The number of anilines is 2. The van der Waals surface area contributed by atoms with Gasteiger partial charge in [0.1, 0.15) is 0 Å². The molecule has 0 saturated carbocycles. The van der Waals surface area contributed by atoms with Crippen LogP contribution >= 0.6 is 11.6 Å². The number of halogens is 1. The molecule has 1 fully saturated rings. The Kier molecular flexibility index (Phi) is 6.24. The van der Waals surface area contributed by atoms with Gasteiger partial charge in [-0.25, -0.2) is 0 Å². The molecule has 1 aliphatic heterocycles. The Morgan fingerprint density at radius 1 is 1.46 bits per heavy atom. The fraction of sp³-hybridized carbons (Fsp3) is 0.500. The molecule has 0 spiro atoms. The second-order valence-corrected chi connectivity index (χ2v) is 7.04. The summed E-state index contributed by atoms with van der Waals surface area (Å²) in [6.45, 7) is 8.24. The van der Waals surface area contributed by atoms with Crippen LogP contribution in [0, 0.1) is 6.92 Å². The number of hydrogen-bond acceptors (Lipinski definition) is 7. The van der Waals surface area contributed by atoms with Crippen LogP contribution in [0.5, 0.6) is 0 Å². The second kappa shape index (κ2) is 8.62. The van der Waals surface area contributed by atoms with Gasteiger partial charge in [0.2, 0.25) is 5.89 Å². The van der Waals surface area contributed by atoms with Gasteiger partial charge in [0.05, 0.1) is 6.42 Å². The van der Waals surface area contributed by atoms with Crippen LogP contribution in [-0.4, -0.2) is 54.0 Å². The normalized spacial score (nSPS) is 18.5. The largest absolute Gasteiger partial charge is 0.407 e. The number of hydrogen-bond donors (Lipinski definition) is 2. The van der Waals surface area contributed by atoms with Gasteiger partial charge in [0.15, 0.2) is 0 Å². The Bertz CT molecular complexity index is 775. The number of nitrogens with zero attached hydrogens (tertiary/aromatic N) is 4. The standard InChI is InChI=1S/C18H25ClN6O/c1-12-10-25(7-6-21-12)11-14-8-15(19)9-16(13(14)2)22-18-24-23-17(26-18)4-5-20-3/h5,8-9,12,21H,4,6-7,10-11H2,1-3H3,(H,22,24)/b20-5+/t12-/m0/s1. The molecule has 1 aliphatic rings. The number of nitrogens with one attached hydrogen (secondary N) is 2. The highest BCUT2D eigenvalue weighted by Gasteiger charge is 2.18. The molecule has 1 atom stereocenters. The molecular formula is C18H25ClN6O. The lowest BCUT2D eigenvalue weighted by Crippen LogP contribution is -2.48. The van der Waals surface area contributed by atoms with E-state index in [1.165, 1.54) is 5.56 Å². The summed E-state index contributed by atoms with van der Waals surface area (Å²) >= 11 is 6.35.